The molecule has 0 amide bonds. The Morgan fingerprint density at radius 3 is 2.73 bits per heavy atom. The molecule has 0 aliphatic carbocycles. The molecule has 0 saturated heterocycles. The number of carbonyl (C=O) groups is 1. The number of esters is 1. The number of ether oxygens (including phenoxy) is 1. The highest BCUT2D eigenvalue weighted by molar-refractivity contribution is 7.09. The molecule has 0 radical (unpaired) electrons. The molecular formula is C11H17NO2S. The molecule has 3 nitrogen and oxygen atoms in total. The van der Waals surface area contributed by atoms with E-state index in [2.05, 4.69) is 4.98 Å². The van der Waals surface area contributed by atoms with Crippen molar-refractivity contribution in [3.63, 3.8) is 0 Å². The molecule has 0 aliphatic heterocycles. The maximum atomic E-state index is 11.6. The van der Waals surface area contributed by atoms with Crippen molar-refractivity contribution in [1.82, 2.24) is 4.98 Å². The molecule has 15 heavy (non-hydrogen) atoms. The van der Waals surface area contributed by atoms with Crippen LogP contribution in [0.3, 0.4) is 0 Å². The summed E-state index contributed by atoms with van der Waals surface area (Å²) in [7, 11) is 0. The van der Waals surface area contributed by atoms with Crippen LogP contribution in [0.2, 0.25) is 0 Å². The lowest BCUT2D eigenvalue weighted by Gasteiger charge is -2.21. The van der Waals surface area contributed by atoms with E-state index in [4.69, 9.17) is 4.74 Å². The molecule has 0 aromatic carbocycles. The molecule has 0 fully saturated rings. The lowest BCUT2D eigenvalue weighted by molar-refractivity contribution is -0.159. The van der Waals surface area contributed by atoms with Gasteiger partial charge in [-0.25, -0.2) is 4.98 Å². The Bertz CT molecular complexity index is 314. The number of hydrogen-bond donors (Lipinski definition) is 0. The van der Waals surface area contributed by atoms with Gasteiger partial charge in [0, 0.05) is 18.0 Å². The van der Waals surface area contributed by atoms with Crippen molar-refractivity contribution in [1.29, 1.82) is 0 Å². The number of thiazole rings is 1. The van der Waals surface area contributed by atoms with Gasteiger partial charge in [0.1, 0.15) is 5.60 Å². The SMILES string of the molecule is CC(Cc1nccs1)C(=O)OC(C)(C)C. The van der Waals surface area contributed by atoms with Gasteiger partial charge >= 0.3 is 5.97 Å². The van der Waals surface area contributed by atoms with Gasteiger partial charge in [-0.2, -0.15) is 0 Å². The number of nitrogens with zero attached hydrogens (tertiary/aromatic N) is 1. The zero-order chi connectivity index (χ0) is 11.5. The van der Waals surface area contributed by atoms with Crippen LogP contribution in [0.4, 0.5) is 0 Å². The normalized spacial score (nSPS) is 13.6. The molecular weight excluding hydrogens is 210 g/mol. The van der Waals surface area contributed by atoms with Gasteiger partial charge in [0.25, 0.3) is 0 Å². The maximum absolute atomic E-state index is 11.6. The topological polar surface area (TPSA) is 39.2 Å². The van der Waals surface area contributed by atoms with E-state index < -0.39 is 5.60 Å². The highest BCUT2D eigenvalue weighted by Crippen LogP contribution is 2.16. The van der Waals surface area contributed by atoms with Gasteiger partial charge in [-0.05, 0) is 20.8 Å². The van der Waals surface area contributed by atoms with Crippen molar-refractivity contribution < 1.29 is 9.53 Å². The van der Waals surface area contributed by atoms with E-state index in [0.29, 0.717) is 6.42 Å². The lowest BCUT2D eigenvalue weighted by atomic mass is 10.1. The average Bonchev–Trinajstić information content (AvgIpc) is 2.53. The van der Waals surface area contributed by atoms with Crippen LogP contribution in [0, 0.1) is 5.92 Å². The molecule has 0 N–H and O–H groups in total. The number of hydrogen-bond acceptors (Lipinski definition) is 4. The van der Waals surface area contributed by atoms with E-state index in [-0.39, 0.29) is 11.9 Å². The molecule has 1 unspecified atom stereocenters. The Kier molecular flexibility index (Phi) is 3.85. The second-order valence-corrected chi connectivity index (χ2v) is 5.54. The Morgan fingerprint density at radius 1 is 1.60 bits per heavy atom. The first-order valence-corrected chi connectivity index (χ1v) is 5.87. The van der Waals surface area contributed by atoms with Gasteiger partial charge in [-0.15, -0.1) is 11.3 Å². The Morgan fingerprint density at radius 2 is 2.27 bits per heavy atom. The largest absolute Gasteiger partial charge is 0.460 e. The van der Waals surface area contributed by atoms with Gasteiger partial charge in [0.05, 0.1) is 10.9 Å². The summed E-state index contributed by atoms with van der Waals surface area (Å²) in [5.41, 5.74) is -0.409. The highest BCUT2D eigenvalue weighted by Gasteiger charge is 2.22. The molecule has 0 spiro atoms. The van der Waals surface area contributed by atoms with Crippen molar-refractivity contribution >= 4 is 17.3 Å². The fourth-order valence-electron chi connectivity index (χ4n) is 1.10. The first kappa shape index (κ1) is 12.2. The third kappa shape index (κ3) is 4.42. The third-order valence-electron chi connectivity index (χ3n) is 1.77. The van der Waals surface area contributed by atoms with E-state index in [1.807, 2.05) is 33.1 Å². The van der Waals surface area contributed by atoms with Crippen molar-refractivity contribution in [3.05, 3.63) is 16.6 Å². The van der Waals surface area contributed by atoms with Crippen molar-refractivity contribution in [2.45, 2.75) is 39.7 Å². The minimum atomic E-state index is -0.409. The van der Waals surface area contributed by atoms with Gasteiger partial charge in [0.15, 0.2) is 0 Å². The zero-order valence-electron chi connectivity index (χ0n) is 9.61. The minimum Gasteiger partial charge on any atom is -0.460 e. The average molecular weight is 227 g/mol. The number of carbonyl (C=O) groups excluding carboxylic acids is 1. The van der Waals surface area contributed by atoms with Gasteiger partial charge < -0.3 is 4.74 Å². The monoisotopic (exact) mass is 227 g/mol. The van der Waals surface area contributed by atoms with Crippen LogP contribution in [0.1, 0.15) is 32.7 Å². The Balaban J connectivity index is 2.47. The smallest absolute Gasteiger partial charge is 0.309 e. The van der Waals surface area contributed by atoms with E-state index in [1.165, 1.54) is 0 Å². The number of rotatable bonds is 3. The van der Waals surface area contributed by atoms with Crippen molar-refractivity contribution in [2.75, 3.05) is 0 Å². The van der Waals surface area contributed by atoms with Crippen molar-refractivity contribution in [3.8, 4) is 0 Å². The lowest BCUT2D eigenvalue weighted by Crippen LogP contribution is -2.28. The highest BCUT2D eigenvalue weighted by atomic mass is 32.1. The minimum absolute atomic E-state index is 0.129. The molecule has 4 heteroatoms. The summed E-state index contributed by atoms with van der Waals surface area (Å²) >= 11 is 1.57. The number of aromatic nitrogens is 1. The molecule has 0 aliphatic rings. The zero-order valence-corrected chi connectivity index (χ0v) is 10.4. The van der Waals surface area contributed by atoms with E-state index in [0.717, 1.165) is 5.01 Å². The second kappa shape index (κ2) is 4.75. The summed E-state index contributed by atoms with van der Waals surface area (Å²) in [5, 5.41) is 2.89. The van der Waals surface area contributed by atoms with Crippen molar-refractivity contribution in [2.24, 2.45) is 5.92 Å². The predicted molar refractivity (Wildman–Crippen MR) is 60.8 cm³/mol. The fourth-order valence-corrected chi connectivity index (χ4v) is 1.85. The van der Waals surface area contributed by atoms with Crippen LogP contribution in [0.5, 0.6) is 0 Å². The van der Waals surface area contributed by atoms with Gasteiger partial charge in [0.2, 0.25) is 0 Å². The van der Waals surface area contributed by atoms with Gasteiger partial charge in [-0.3, -0.25) is 4.79 Å². The second-order valence-electron chi connectivity index (χ2n) is 4.56. The van der Waals surface area contributed by atoms with Gasteiger partial charge in [-0.1, -0.05) is 6.92 Å². The van der Waals surface area contributed by atoms with Crippen LogP contribution >= 0.6 is 11.3 Å². The molecule has 1 atom stereocenters. The molecule has 1 aromatic rings. The van der Waals surface area contributed by atoms with Crippen LogP contribution in [0.15, 0.2) is 11.6 Å². The quantitative estimate of drug-likeness (QED) is 0.745. The summed E-state index contributed by atoms with van der Waals surface area (Å²) < 4.78 is 5.29. The Labute approximate surface area is 94.5 Å². The molecule has 0 saturated carbocycles. The van der Waals surface area contributed by atoms with E-state index in [9.17, 15) is 4.79 Å². The van der Waals surface area contributed by atoms with E-state index >= 15 is 0 Å². The third-order valence-corrected chi connectivity index (χ3v) is 2.58. The summed E-state index contributed by atoms with van der Waals surface area (Å²) in [6.45, 7) is 7.50. The molecule has 1 rings (SSSR count). The summed E-state index contributed by atoms with van der Waals surface area (Å²) in [4.78, 5) is 15.8. The molecule has 1 aromatic heterocycles. The molecule has 84 valence electrons. The molecule has 0 bridgehead atoms. The summed E-state index contributed by atoms with van der Waals surface area (Å²) in [6.07, 6.45) is 2.41. The van der Waals surface area contributed by atoms with Crippen LogP contribution in [-0.2, 0) is 16.0 Å². The van der Waals surface area contributed by atoms with Crippen LogP contribution in [-0.4, -0.2) is 16.6 Å². The standard InChI is InChI=1S/C11H17NO2S/c1-8(7-9-12-5-6-15-9)10(13)14-11(2,3)4/h5-6,8H,7H2,1-4H3. The maximum Gasteiger partial charge on any atom is 0.309 e. The fraction of sp³-hybridized carbons (Fsp3) is 0.636. The van der Waals surface area contributed by atoms with E-state index in [1.54, 1.807) is 17.5 Å². The first-order chi connectivity index (χ1) is 6.88. The summed E-state index contributed by atoms with van der Waals surface area (Å²) in [5.74, 6) is -0.284. The van der Waals surface area contributed by atoms with Crippen LogP contribution < -0.4 is 0 Å². The summed E-state index contributed by atoms with van der Waals surface area (Å²) in [6, 6.07) is 0. The Hall–Kier alpha value is -0.900. The predicted octanol–water partition coefficient (Wildman–Crippen LogP) is 2.66. The van der Waals surface area contributed by atoms with Crippen LogP contribution in [0.25, 0.3) is 0 Å². The first-order valence-electron chi connectivity index (χ1n) is 5.00. The molecule has 1 heterocycles.